The summed E-state index contributed by atoms with van der Waals surface area (Å²) in [5.74, 6) is -0.204. The molecule has 0 aromatic carbocycles. The van der Waals surface area contributed by atoms with Gasteiger partial charge in [-0.1, -0.05) is 37.1 Å². The number of cyclic esters (lactones) is 1. The number of ether oxygens (including phenoxy) is 1. The highest BCUT2D eigenvalue weighted by Gasteiger charge is 2.34. The fraction of sp³-hybridized carbons (Fsp3) is 0.533. The Morgan fingerprint density at radius 1 is 1.35 bits per heavy atom. The van der Waals surface area contributed by atoms with E-state index >= 15 is 0 Å². The number of hydrogen-bond donors (Lipinski definition) is 0. The molecule has 0 radical (unpaired) electrons. The van der Waals surface area contributed by atoms with Crippen LogP contribution in [0.1, 0.15) is 40.5 Å². The molecule has 1 aliphatic heterocycles. The Hall–Kier alpha value is -1.31. The second kappa shape index (κ2) is 4.17. The molecule has 0 amide bonds. The molecule has 17 heavy (non-hydrogen) atoms. The van der Waals surface area contributed by atoms with Crippen LogP contribution < -0.4 is 0 Å². The Kier molecular flexibility index (Phi) is 2.98. The van der Waals surface area contributed by atoms with E-state index in [0.717, 1.165) is 18.4 Å². The summed E-state index contributed by atoms with van der Waals surface area (Å²) >= 11 is 0. The number of esters is 1. The minimum absolute atomic E-state index is 0.00903. The molecule has 92 valence electrons. The third kappa shape index (κ3) is 2.36. The van der Waals surface area contributed by atoms with Crippen LogP contribution in [0.15, 0.2) is 34.9 Å². The topological polar surface area (TPSA) is 26.3 Å². The van der Waals surface area contributed by atoms with Gasteiger partial charge < -0.3 is 4.74 Å². The first-order valence-electron chi connectivity index (χ1n) is 6.16. The molecule has 0 saturated heterocycles. The van der Waals surface area contributed by atoms with Crippen molar-refractivity contribution in [3.8, 4) is 0 Å². The van der Waals surface area contributed by atoms with E-state index in [4.69, 9.17) is 4.74 Å². The van der Waals surface area contributed by atoms with Crippen molar-refractivity contribution in [2.45, 2.75) is 46.6 Å². The molecule has 0 saturated carbocycles. The highest BCUT2D eigenvalue weighted by atomic mass is 16.5. The van der Waals surface area contributed by atoms with Gasteiger partial charge in [0.1, 0.15) is 6.10 Å². The van der Waals surface area contributed by atoms with Crippen LogP contribution in [-0.4, -0.2) is 12.1 Å². The zero-order valence-corrected chi connectivity index (χ0v) is 11.0. The van der Waals surface area contributed by atoms with Gasteiger partial charge in [-0.3, -0.25) is 0 Å². The summed E-state index contributed by atoms with van der Waals surface area (Å²) < 4.78 is 5.50. The molecule has 1 atom stereocenters. The fourth-order valence-corrected chi connectivity index (χ4v) is 2.90. The molecule has 0 bridgehead atoms. The van der Waals surface area contributed by atoms with Crippen LogP contribution in [0, 0.1) is 5.41 Å². The summed E-state index contributed by atoms with van der Waals surface area (Å²) in [6.45, 7) is 8.50. The maximum Gasteiger partial charge on any atom is 0.331 e. The van der Waals surface area contributed by atoms with Gasteiger partial charge in [-0.15, -0.1) is 0 Å². The van der Waals surface area contributed by atoms with E-state index in [0.29, 0.717) is 0 Å². The van der Waals surface area contributed by atoms with Crippen LogP contribution in [0.4, 0.5) is 0 Å². The maximum atomic E-state index is 11.5. The third-order valence-corrected chi connectivity index (χ3v) is 3.56. The molecule has 0 N–H and O–H groups in total. The smallest absolute Gasteiger partial charge is 0.331 e. The van der Waals surface area contributed by atoms with Gasteiger partial charge in [-0.25, -0.2) is 4.79 Å². The molecule has 2 aliphatic rings. The number of allylic oxidation sites excluding steroid dienone is 3. The lowest BCUT2D eigenvalue weighted by Crippen LogP contribution is -2.32. The standard InChI is InChI=1S/C15H20O2/c1-10-8-12(17-13(16)9-10)14-11(2)6-5-7-15(14,3)4/h5,7,9,12H,6,8H2,1-4H3. The summed E-state index contributed by atoms with van der Waals surface area (Å²) in [5, 5.41) is 0. The van der Waals surface area contributed by atoms with Crippen molar-refractivity contribution in [2.24, 2.45) is 5.41 Å². The molecular formula is C15H20O2. The SMILES string of the molecule is CC1=CC(=O)OC(C2=C(C)CC=CC2(C)C)C1. The van der Waals surface area contributed by atoms with E-state index < -0.39 is 0 Å². The van der Waals surface area contributed by atoms with Crippen LogP contribution >= 0.6 is 0 Å². The van der Waals surface area contributed by atoms with Gasteiger partial charge in [0, 0.05) is 17.9 Å². The molecule has 0 fully saturated rings. The third-order valence-electron chi connectivity index (χ3n) is 3.56. The van der Waals surface area contributed by atoms with Gasteiger partial charge >= 0.3 is 5.97 Å². The Labute approximate surface area is 103 Å². The molecule has 2 nitrogen and oxygen atoms in total. The van der Waals surface area contributed by atoms with Crippen molar-refractivity contribution in [2.75, 3.05) is 0 Å². The van der Waals surface area contributed by atoms with E-state index in [1.54, 1.807) is 6.08 Å². The lowest BCUT2D eigenvalue weighted by Gasteiger charge is -2.36. The van der Waals surface area contributed by atoms with Gasteiger partial charge in [-0.2, -0.15) is 0 Å². The number of carbonyl (C=O) groups excluding carboxylic acids is 1. The van der Waals surface area contributed by atoms with Crippen LogP contribution in [0.3, 0.4) is 0 Å². The van der Waals surface area contributed by atoms with Gasteiger partial charge in [-0.05, 0) is 25.8 Å². The summed E-state index contributed by atoms with van der Waals surface area (Å²) in [7, 11) is 0. The molecule has 2 rings (SSSR count). The molecule has 1 heterocycles. The molecular weight excluding hydrogens is 212 g/mol. The quantitative estimate of drug-likeness (QED) is 0.510. The van der Waals surface area contributed by atoms with Crippen molar-refractivity contribution in [1.82, 2.24) is 0 Å². The fourth-order valence-electron chi connectivity index (χ4n) is 2.90. The Morgan fingerprint density at radius 2 is 2.06 bits per heavy atom. The van der Waals surface area contributed by atoms with Crippen molar-refractivity contribution in [3.05, 3.63) is 34.9 Å². The minimum Gasteiger partial charge on any atom is -0.454 e. The average molecular weight is 232 g/mol. The average Bonchev–Trinajstić information content (AvgIpc) is 2.13. The van der Waals surface area contributed by atoms with Crippen molar-refractivity contribution in [1.29, 1.82) is 0 Å². The van der Waals surface area contributed by atoms with Crippen molar-refractivity contribution >= 4 is 5.97 Å². The van der Waals surface area contributed by atoms with E-state index in [1.807, 2.05) is 6.92 Å². The lowest BCUT2D eigenvalue weighted by molar-refractivity contribution is -0.142. The molecule has 1 aliphatic carbocycles. The van der Waals surface area contributed by atoms with Gasteiger partial charge in [0.15, 0.2) is 0 Å². The first-order chi connectivity index (χ1) is 7.90. The summed E-state index contributed by atoms with van der Waals surface area (Å²) in [5.41, 5.74) is 3.72. The van der Waals surface area contributed by atoms with E-state index in [9.17, 15) is 4.79 Å². The predicted molar refractivity (Wildman–Crippen MR) is 68.5 cm³/mol. The number of carbonyl (C=O) groups is 1. The molecule has 1 unspecified atom stereocenters. The summed E-state index contributed by atoms with van der Waals surface area (Å²) in [6, 6.07) is 0. The highest BCUT2D eigenvalue weighted by Crippen LogP contribution is 2.41. The second-order valence-corrected chi connectivity index (χ2v) is 5.64. The normalized spacial score (nSPS) is 27.9. The van der Waals surface area contributed by atoms with Crippen molar-refractivity contribution in [3.63, 3.8) is 0 Å². The van der Waals surface area contributed by atoms with Crippen LogP contribution in [0.25, 0.3) is 0 Å². The molecule has 0 aromatic heterocycles. The largest absolute Gasteiger partial charge is 0.454 e. The second-order valence-electron chi connectivity index (χ2n) is 5.64. The monoisotopic (exact) mass is 232 g/mol. The zero-order chi connectivity index (χ0) is 12.6. The van der Waals surface area contributed by atoms with Gasteiger partial charge in [0.25, 0.3) is 0 Å². The molecule has 0 aromatic rings. The van der Waals surface area contributed by atoms with E-state index in [1.165, 1.54) is 11.1 Å². The first-order valence-corrected chi connectivity index (χ1v) is 6.16. The van der Waals surface area contributed by atoms with Crippen LogP contribution in [0.2, 0.25) is 0 Å². The molecule has 2 heteroatoms. The maximum absolute atomic E-state index is 11.5. The molecule has 0 spiro atoms. The Bertz CT molecular complexity index is 436. The first kappa shape index (κ1) is 12.2. The number of rotatable bonds is 1. The van der Waals surface area contributed by atoms with Crippen molar-refractivity contribution < 1.29 is 9.53 Å². The van der Waals surface area contributed by atoms with E-state index in [-0.39, 0.29) is 17.5 Å². The predicted octanol–water partition coefficient (Wildman–Crippen LogP) is 3.55. The zero-order valence-electron chi connectivity index (χ0n) is 11.0. The lowest BCUT2D eigenvalue weighted by atomic mass is 9.73. The highest BCUT2D eigenvalue weighted by molar-refractivity contribution is 5.84. The van der Waals surface area contributed by atoms with Crippen LogP contribution in [0.5, 0.6) is 0 Å². The summed E-state index contributed by atoms with van der Waals surface area (Å²) in [6.07, 6.45) is 7.74. The Morgan fingerprint density at radius 3 is 2.65 bits per heavy atom. The number of hydrogen-bond acceptors (Lipinski definition) is 2. The Balaban J connectivity index is 2.34. The van der Waals surface area contributed by atoms with E-state index in [2.05, 4.69) is 32.9 Å². The van der Waals surface area contributed by atoms with Gasteiger partial charge in [0.2, 0.25) is 0 Å². The van der Waals surface area contributed by atoms with Gasteiger partial charge in [0.05, 0.1) is 0 Å². The minimum atomic E-state index is -0.204. The summed E-state index contributed by atoms with van der Waals surface area (Å²) in [4.78, 5) is 11.5. The van der Waals surface area contributed by atoms with Crippen LogP contribution in [-0.2, 0) is 9.53 Å².